The van der Waals surface area contributed by atoms with E-state index in [1.165, 1.54) is 0 Å². The summed E-state index contributed by atoms with van der Waals surface area (Å²) in [6.45, 7) is 0. The molecule has 0 spiro atoms. The average molecular weight is 393 g/mol. The SMILES string of the molecule is Cl.Nc1ccc2c(c1)CCCC2NS(=O)(=O)c1ccc(F)c(F)c1F. The van der Waals surface area contributed by atoms with Crippen molar-refractivity contribution < 1.29 is 21.6 Å². The molecule has 25 heavy (non-hydrogen) atoms. The van der Waals surface area contributed by atoms with Gasteiger partial charge in [-0.3, -0.25) is 0 Å². The number of rotatable bonds is 3. The summed E-state index contributed by atoms with van der Waals surface area (Å²) >= 11 is 0. The third-order valence-electron chi connectivity index (χ3n) is 4.07. The summed E-state index contributed by atoms with van der Waals surface area (Å²) in [5.74, 6) is -4.98. The Morgan fingerprint density at radius 2 is 1.80 bits per heavy atom. The fourth-order valence-corrected chi connectivity index (χ4v) is 4.24. The Hall–Kier alpha value is -1.77. The van der Waals surface area contributed by atoms with Crippen LogP contribution in [-0.2, 0) is 16.4 Å². The number of hydrogen-bond donors (Lipinski definition) is 2. The van der Waals surface area contributed by atoms with Crippen molar-refractivity contribution in [1.29, 1.82) is 0 Å². The molecular formula is C16H16ClF3N2O2S. The third kappa shape index (κ3) is 3.75. The Morgan fingerprint density at radius 1 is 1.08 bits per heavy atom. The van der Waals surface area contributed by atoms with Gasteiger partial charge in [0.25, 0.3) is 0 Å². The van der Waals surface area contributed by atoms with Gasteiger partial charge in [0.05, 0.1) is 0 Å². The van der Waals surface area contributed by atoms with Gasteiger partial charge in [-0.1, -0.05) is 6.07 Å². The second-order valence-corrected chi connectivity index (χ2v) is 7.38. The Labute approximate surface area is 149 Å². The first-order valence-electron chi connectivity index (χ1n) is 7.34. The van der Waals surface area contributed by atoms with Gasteiger partial charge in [0.2, 0.25) is 10.0 Å². The lowest BCUT2D eigenvalue weighted by molar-refractivity contribution is 0.430. The molecule has 3 rings (SSSR count). The number of hydrogen-bond acceptors (Lipinski definition) is 3. The number of nitrogen functional groups attached to an aromatic ring is 1. The van der Waals surface area contributed by atoms with Crippen LogP contribution in [0.4, 0.5) is 18.9 Å². The van der Waals surface area contributed by atoms with E-state index in [4.69, 9.17) is 5.73 Å². The van der Waals surface area contributed by atoms with Crippen LogP contribution in [-0.4, -0.2) is 8.42 Å². The maximum atomic E-state index is 13.8. The zero-order valence-corrected chi connectivity index (χ0v) is 14.6. The molecule has 2 aromatic carbocycles. The number of sulfonamides is 1. The molecule has 1 unspecified atom stereocenters. The van der Waals surface area contributed by atoms with E-state index in [-0.39, 0.29) is 12.4 Å². The molecule has 1 atom stereocenters. The summed E-state index contributed by atoms with van der Waals surface area (Å²) in [5.41, 5.74) is 7.97. The van der Waals surface area contributed by atoms with Crippen LogP contribution < -0.4 is 10.5 Å². The lowest BCUT2D eigenvalue weighted by atomic mass is 9.88. The van der Waals surface area contributed by atoms with Crippen molar-refractivity contribution in [3.8, 4) is 0 Å². The van der Waals surface area contributed by atoms with Gasteiger partial charge in [0, 0.05) is 11.7 Å². The normalized spacial score (nSPS) is 16.8. The van der Waals surface area contributed by atoms with Crippen LogP contribution in [0.15, 0.2) is 35.2 Å². The molecule has 0 heterocycles. The maximum Gasteiger partial charge on any atom is 0.244 e. The molecule has 0 radical (unpaired) electrons. The van der Waals surface area contributed by atoms with Crippen molar-refractivity contribution in [3.63, 3.8) is 0 Å². The predicted octanol–water partition coefficient (Wildman–Crippen LogP) is 3.46. The molecule has 0 aromatic heterocycles. The summed E-state index contributed by atoms with van der Waals surface area (Å²) in [4.78, 5) is -0.913. The maximum absolute atomic E-state index is 13.8. The quantitative estimate of drug-likeness (QED) is 0.620. The molecule has 3 N–H and O–H groups in total. The van der Waals surface area contributed by atoms with Crippen LogP contribution in [0.5, 0.6) is 0 Å². The molecule has 0 fully saturated rings. The van der Waals surface area contributed by atoms with E-state index in [9.17, 15) is 21.6 Å². The second kappa shape index (κ2) is 7.23. The summed E-state index contributed by atoms with van der Waals surface area (Å²) in [6.07, 6.45) is 2.00. The highest BCUT2D eigenvalue weighted by Crippen LogP contribution is 2.32. The minimum absolute atomic E-state index is 0. The van der Waals surface area contributed by atoms with Crippen molar-refractivity contribution in [1.82, 2.24) is 4.72 Å². The first-order chi connectivity index (χ1) is 11.3. The number of halogens is 4. The van der Waals surface area contributed by atoms with E-state index >= 15 is 0 Å². The van der Waals surface area contributed by atoms with Crippen molar-refractivity contribution in [2.75, 3.05) is 5.73 Å². The van der Waals surface area contributed by atoms with Crippen LogP contribution >= 0.6 is 12.4 Å². The van der Waals surface area contributed by atoms with Crippen molar-refractivity contribution >= 4 is 28.1 Å². The molecular weight excluding hydrogens is 377 g/mol. The van der Waals surface area contributed by atoms with E-state index in [1.54, 1.807) is 18.2 Å². The van der Waals surface area contributed by atoms with Gasteiger partial charge in [0.15, 0.2) is 17.5 Å². The van der Waals surface area contributed by atoms with Crippen molar-refractivity contribution in [3.05, 3.63) is 58.9 Å². The Kier molecular flexibility index (Phi) is 5.65. The average Bonchev–Trinajstić information content (AvgIpc) is 2.52. The lowest BCUT2D eigenvalue weighted by Crippen LogP contribution is -2.31. The van der Waals surface area contributed by atoms with Gasteiger partial charge in [0.1, 0.15) is 4.90 Å². The Morgan fingerprint density at radius 3 is 2.52 bits per heavy atom. The molecule has 0 saturated heterocycles. The summed E-state index contributed by atoms with van der Waals surface area (Å²) in [7, 11) is -4.35. The molecule has 9 heteroatoms. The molecule has 0 aliphatic heterocycles. The van der Waals surface area contributed by atoms with Crippen LogP contribution in [0.25, 0.3) is 0 Å². The van der Waals surface area contributed by atoms with Gasteiger partial charge >= 0.3 is 0 Å². The minimum atomic E-state index is -4.35. The second-order valence-electron chi connectivity index (χ2n) is 5.70. The Balaban J connectivity index is 0.00000225. The first kappa shape index (κ1) is 19.6. The van der Waals surface area contributed by atoms with Crippen molar-refractivity contribution in [2.45, 2.75) is 30.2 Å². The number of benzene rings is 2. The highest BCUT2D eigenvalue weighted by molar-refractivity contribution is 7.89. The molecule has 0 saturated carbocycles. The van der Waals surface area contributed by atoms with Gasteiger partial charge in [-0.2, -0.15) is 0 Å². The fraction of sp³-hybridized carbons (Fsp3) is 0.250. The first-order valence-corrected chi connectivity index (χ1v) is 8.82. The minimum Gasteiger partial charge on any atom is -0.399 e. The van der Waals surface area contributed by atoms with E-state index in [1.807, 2.05) is 0 Å². The zero-order chi connectivity index (χ0) is 17.5. The summed E-state index contributed by atoms with van der Waals surface area (Å²) in [6, 6.07) is 5.87. The van der Waals surface area contributed by atoms with E-state index in [2.05, 4.69) is 4.72 Å². The molecule has 2 aromatic rings. The molecule has 0 amide bonds. The molecule has 136 valence electrons. The predicted molar refractivity (Wildman–Crippen MR) is 90.4 cm³/mol. The number of aryl methyl sites for hydroxylation is 1. The smallest absolute Gasteiger partial charge is 0.244 e. The number of nitrogens with two attached hydrogens (primary N) is 1. The van der Waals surface area contributed by atoms with E-state index in [0.29, 0.717) is 24.2 Å². The summed E-state index contributed by atoms with van der Waals surface area (Å²) in [5, 5.41) is 0. The molecule has 1 aliphatic rings. The summed E-state index contributed by atoms with van der Waals surface area (Å²) < 4.78 is 67.3. The molecule has 4 nitrogen and oxygen atoms in total. The van der Waals surface area contributed by atoms with Crippen molar-refractivity contribution in [2.24, 2.45) is 0 Å². The largest absolute Gasteiger partial charge is 0.399 e. The highest BCUT2D eigenvalue weighted by atomic mass is 35.5. The van der Waals surface area contributed by atoms with Crippen LogP contribution in [0, 0.1) is 17.5 Å². The number of fused-ring (bicyclic) bond motifs is 1. The van der Waals surface area contributed by atoms with Gasteiger partial charge in [-0.15, -0.1) is 12.4 Å². The third-order valence-corrected chi connectivity index (χ3v) is 5.56. The van der Waals surface area contributed by atoms with E-state index in [0.717, 1.165) is 24.0 Å². The molecule has 1 aliphatic carbocycles. The lowest BCUT2D eigenvalue weighted by Gasteiger charge is -2.26. The Bertz CT molecular complexity index is 906. The molecule has 0 bridgehead atoms. The topological polar surface area (TPSA) is 72.2 Å². The number of nitrogens with one attached hydrogen (secondary N) is 1. The fourth-order valence-electron chi connectivity index (χ4n) is 2.92. The van der Waals surface area contributed by atoms with Crippen LogP contribution in [0.1, 0.15) is 30.0 Å². The van der Waals surface area contributed by atoms with Crippen LogP contribution in [0.3, 0.4) is 0 Å². The standard InChI is InChI=1S/C16H15F3N2O2S.ClH/c17-12-6-7-14(16(19)15(12)18)24(22,23)21-13-3-1-2-9-8-10(20)4-5-11(9)13;/h4-8,13,21H,1-3,20H2;1H. The number of anilines is 1. The van der Waals surface area contributed by atoms with Crippen LogP contribution in [0.2, 0.25) is 0 Å². The zero-order valence-electron chi connectivity index (χ0n) is 12.9. The highest BCUT2D eigenvalue weighted by Gasteiger charge is 2.29. The van der Waals surface area contributed by atoms with Gasteiger partial charge < -0.3 is 5.73 Å². The monoisotopic (exact) mass is 392 g/mol. The van der Waals surface area contributed by atoms with Gasteiger partial charge in [-0.25, -0.2) is 26.3 Å². The van der Waals surface area contributed by atoms with E-state index < -0.39 is 38.4 Å². The van der Waals surface area contributed by atoms with Gasteiger partial charge in [-0.05, 0) is 54.7 Å².